The molecule has 1 aromatic carbocycles. The normalized spacial score (nSPS) is 11.8. The third kappa shape index (κ3) is 2.24. The summed E-state index contributed by atoms with van der Waals surface area (Å²) in [5, 5.41) is 0.00211. The van der Waals surface area contributed by atoms with Crippen LogP contribution in [0.5, 0.6) is 0 Å². The summed E-state index contributed by atoms with van der Waals surface area (Å²) in [6.45, 7) is 0. The Labute approximate surface area is 112 Å². The SMILES string of the molecule is COC(=O)c1sc2ccc(Br)cc2c1C(F)(F)F. The number of alkyl halides is 3. The first-order chi connectivity index (χ1) is 8.34. The number of esters is 1. The molecule has 1 aromatic heterocycles. The number of ether oxygens (including phenoxy) is 1. The van der Waals surface area contributed by atoms with Crippen LogP contribution in [0.3, 0.4) is 0 Å². The van der Waals surface area contributed by atoms with Crippen molar-refractivity contribution in [1.29, 1.82) is 0 Å². The number of halogens is 4. The predicted molar refractivity (Wildman–Crippen MR) is 65.9 cm³/mol. The number of thiophene rings is 1. The van der Waals surface area contributed by atoms with E-state index in [0.29, 0.717) is 9.17 Å². The van der Waals surface area contributed by atoms with E-state index in [-0.39, 0.29) is 5.39 Å². The monoisotopic (exact) mass is 338 g/mol. The third-order valence-electron chi connectivity index (χ3n) is 2.30. The molecule has 7 heteroatoms. The quantitative estimate of drug-likeness (QED) is 0.717. The summed E-state index contributed by atoms with van der Waals surface area (Å²) in [6.07, 6.45) is -4.59. The van der Waals surface area contributed by atoms with Gasteiger partial charge in [0.2, 0.25) is 0 Å². The van der Waals surface area contributed by atoms with Crippen molar-refractivity contribution in [2.45, 2.75) is 6.18 Å². The van der Waals surface area contributed by atoms with Gasteiger partial charge < -0.3 is 4.74 Å². The Kier molecular flexibility index (Phi) is 3.37. The van der Waals surface area contributed by atoms with Crippen molar-refractivity contribution in [3.05, 3.63) is 33.1 Å². The summed E-state index contributed by atoms with van der Waals surface area (Å²) in [4.78, 5) is 11.0. The first kappa shape index (κ1) is 13.4. The van der Waals surface area contributed by atoms with Crippen LogP contribution in [0.2, 0.25) is 0 Å². The van der Waals surface area contributed by atoms with Crippen molar-refractivity contribution >= 4 is 43.3 Å². The van der Waals surface area contributed by atoms with Crippen LogP contribution in [0, 0.1) is 0 Å². The van der Waals surface area contributed by atoms with Gasteiger partial charge in [-0.1, -0.05) is 15.9 Å². The second-order valence-electron chi connectivity index (χ2n) is 3.44. The van der Waals surface area contributed by atoms with E-state index < -0.39 is 22.6 Å². The fourth-order valence-electron chi connectivity index (χ4n) is 1.59. The number of carbonyl (C=O) groups excluding carboxylic acids is 1. The van der Waals surface area contributed by atoms with Gasteiger partial charge in [0.05, 0.1) is 12.7 Å². The number of fused-ring (bicyclic) bond motifs is 1. The Bertz CT molecular complexity index is 619. The van der Waals surface area contributed by atoms with E-state index in [4.69, 9.17) is 0 Å². The lowest BCUT2D eigenvalue weighted by molar-refractivity contribution is -0.136. The van der Waals surface area contributed by atoms with Gasteiger partial charge in [-0.3, -0.25) is 0 Å². The molecule has 0 saturated heterocycles. The molecule has 0 N–H and O–H groups in total. The number of benzene rings is 1. The van der Waals surface area contributed by atoms with Crippen molar-refractivity contribution < 1.29 is 22.7 Å². The molecule has 0 aliphatic rings. The molecule has 2 nitrogen and oxygen atoms in total. The molecule has 18 heavy (non-hydrogen) atoms. The summed E-state index contributed by atoms with van der Waals surface area (Å²) in [5.41, 5.74) is -0.935. The molecule has 2 aromatic rings. The van der Waals surface area contributed by atoms with Crippen LogP contribution in [0.1, 0.15) is 15.2 Å². The van der Waals surface area contributed by atoms with E-state index in [9.17, 15) is 18.0 Å². The van der Waals surface area contributed by atoms with Gasteiger partial charge in [0.25, 0.3) is 0 Å². The lowest BCUT2D eigenvalue weighted by Crippen LogP contribution is -2.11. The third-order valence-corrected chi connectivity index (χ3v) is 3.95. The van der Waals surface area contributed by atoms with E-state index in [1.165, 1.54) is 12.1 Å². The lowest BCUT2D eigenvalue weighted by Gasteiger charge is -2.07. The summed E-state index contributed by atoms with van der Waals surface area (Å²) in [6, 6.07) is 4.51. The van der Waals surface area contributed by atoms with Crippen molar-refractivity contribution in [3.63, 3.8) is 0 Å². The second-order valence-corrected chi connectivity index (χ2v) is 5.40. The molecule has 0 atom stereocenters. The highest BCUT2D eigenvalue weighted by molar-refractivity contribution is 9.10. The van der Waals surface area contributed by atoms with Gasteiger partial charge in [-0.2, -0.15) is 13.2 Å². The van der Waals surface area contributed by atoms with Gasteiger partial charge in [-0.15, -0.1) is 11.3 Å². The molecule has 0 aliphatic carbocycles. The Morgan fingerprint density at radius 1 is 1.39 bits per heavy atom. The Morgan fingerprint density at radius 2 is 2.06 bits per heavy atom. The smallest absolute Gasteiger partial charge is 0.418 e. The molecule has 0 bridgehead atoms. The molecule has 0 amide bonds. The van der Waals surface area contributed by atoms with Crippen LogP contribution in [0.15, 0.2) is 22.7 Å². The number of carbonyl (C=O) groups is 1. The maximum absolute atomic E-state index is 13.0. The fraction of sp³-hybridized carbons (Fsp3) is 0.182. The molecule has 96 valence electrons. The topological polar surface area (TPSA) is 26.3 Å². The van der Waals surface area contributed by atoms with E-state index in [2.05, 4.69) is 20.7 Å². The lowest BCUT2D eigenvalue weighted by atomic mass is 10.1. The first-order valence-corrected chi connectivity index (χ1v) is 6.33. The maximum atomic E-state index is 13.0. The van der Waals surface area contributed by atoms with Gasteiger partial charge in [-0.25, -0.2) is 4.79 Å². The Morgan fingerprint density at radius 3 is 2.61 bits per heavy atom. The summed E-state index contributed by atoms with van der Waals surface area (Å²) >= 11 is 3.89. The number of methoxy groups -OCH3 is 1. The van der Waals surface area contributed by atoms with Crippen LogP contribution in [0.4, 0.5) is 13.2 Å². The zero-order valence-corrected chi connectivity index (χ0v) is 11.4. The standard InChI is InChI=1S/C11H6BrF3O2S/c1-17-10(16)9-8(11(13,14)15)6-4-5(12)2-3-7(6)18-9/h2-4H,1H3. The molecule has 0 aliphatic heterocycles. The van der Waals surface area contributed by atoms with Crippen LogP contribution in [-0.2, 0) is 10.9 Å². The summed E-state index contributed by atoms with van der Waals surface area (Å²) in [7, 11) is 1.06. The first-order valence-electron chi connectivity index (χ1n) is 4.72. The average molecular weight is 339 g/mol. The number of hydrogen-bond donors (Lipinski definition) is 0. The highest BCUT2D eigenvalue weighted by Gasteiger charge is 2.39. The highest BCUT2D eigenvalue weighted by Crippen LogP contribution is 2.43. The minimum Gasteiger partial charge on any atom is -0.465 e. The number of hydrogen-bond acceptors (Lipinski definition) is 3. The molecule has 0 fully saturated rings. The average Bonchev–Trinajstić information content (AvgIpc) is 2.65. The van der Waals surface area contributed by atoms with Gasteiger partial charge >= 0.3 is 12.1 Å². The van der Waals surface area contributed by atoms with Crippen molar-refractivity contribution in [1.82, 2.24) is 0 Å². The zero-order valence-electron chi connectivity index (χ0n) is 8.97. The fourth-order valence-corrected chi connectivity index (χ4v) is 3.07. The molecule has 0 saturated carbocycles. The minimum atomic E-state index is -4.59. The molecular formula is C11H6BrF3O2S. The maximum Gasteiger partial charge on any atom is 0.418 e. The van der Waals surface area contributed by atoms with E-state index in [1.807, 2.05) is 0 Å². The van der Waals surface area contributed by atoms with Crippen LogP contribution < -0.4 is 0 Å². The minimum absolute atomic E-state index is 0.00211. The van der Waals surface area contributed by atoms with Crippen molar-refractivity contribution in [2.24, 2.45) is 0 Å². The van der Waals surface area contributed by atoms with Crippen LogP contribution >= 0.6 is 27.3 Å². The molecule has 0 radical (unpaired) electrons. The molecule has 0 unspecified atom stereocenters. The van der Waals surface area contributed by atoms with Crippen LogP contribution in [-0.4, -0.2) is 13.1 Å². The van der Waals surface area contributed by atoms with Crippen LogP contribution in [0.25, 0.3) is 10.1 Å². The Balaban J connectivity index is 2.82. The summed E-state index contributed by atoms with van der Waals surface area (Å²) < 4.78 is 44.4. The van der Waals surface area contributed by atoms with E-state index >= 15 is 0 Å². The van der Waals surface area contributed by atoms with E-state index in [0.717, 1.165) is 18.4 Å². The van der Waals surface area contributed by atoms with Crippen molar-refractivity contribution in [3.8, 4) is 0 Å². The Hall–Kier alpha value is -1.08. The number of rotatable bonds is 1. The largest absolute Gasteiger partial charge is 0.465 e. The molecular weight excluding hydrogens is 333 g/mol. The van der Waals surface area contributed by atoms with Gasteiger partial charge in [-0.05, 0) is 18.2 Å². The molecule has 0 spiro atoms. The van der Waals surface area contributed by atoms with Gasteiger partial charge in [0.1, 0.15) is 4.88 Å². The van der Waals surface area contributed by atoms with Gasteiger partial charge in [0.15, 0.2) is 0 Å². The predicted octanol–water partition coefficient (Wildman–Crippen LogP) is 4.47. The molecule has 2 rings (SSSR count). The summed E-state index contributed by atoms with van der Waals surface area (Å²) in [5.74, 6) is -0.973. The van der Waals surface area contributed by atoms with E-state index in [1.54, 1.807) is 6.07 Å². The second kappa shape index (κ2) is 4.55. The highest BCUT2D eigenvalue weighted by atomic mass is 79.9. The van der Waals surface area contributed by atoms with Crippen molar-refractivity contribution in [2.75, 3.05) is 7.11 Å². The van der Waals surface area contributed by atoms with Gasteiger partial charge in [0, 0.05) is 14.6 Å². The zero-order chi connectivity index (χ0) is 13.5. The molecule has 1 heterocycles.